The first kappa shape index (κ1) is 30.5. The third-order valence-electron chi connectivity index (χ3n) is 7.62. The van der Waals surface area contributed by atoms with Gasteiger partial charge >= 0.3 is 6.18 Å². The molecule has 12 heteroatoms. The van der Waals surface area contributed by atoms with Crippen molar-refractivity contribution in [3.05, 3.63) is 100 Å². The highest BCUT2D eigenvalue weighted by Gasteiger charge is 2.47. The zero-order valence-electron chi connectivity index (χ0n) is 24.6. The Morgan fingerprint density at radius 3 is 2.57 bits per heavy atom. The summed E-state index contributed by atoms with van der Waals surface area (Å²) in [6, 6.07) is 15.3. The Labute approximate surface area is 252 Å². The summed E-state index contributed by atoms with van der Waals surface area (Å²) in [5.41, 5.74) is 6.53. The van der Waals surface area contributed by atoms with Crippen LogP contribution in [0.25, 0.3) is 0 Å². The van der Waals surface area contributed by atoms with E-state index < -0.39 is 24.2 Å². The Hall–Kier alpha value is -5.00. The van der Waals surface area contributed by atoms with Gasteiger partial charge in [0.2, 0.25) is 0 Å². The Bertz CT molecular complexity index is 1670. The number of nitrogens with one attached hydrogen (secondary N) is 2. The average molecular weight is 608 g/mol. The molecule has 1 aliphatic heterocycles. The molecule has 5 rings (SSSR count). The van der Waals surface area contributed by atoms with E-state index in [4.69, 9.17) is 14.2 Å². The monoisotopic (exact) mass is 607 g/mol. The van der Waals surface area contributed by atoms with E-state index in [9.17, 15) is 18.0 Å². The molecule has 1 aromatic heterocycles. The summed E-state index contributed by atoms with van der Waals surface area (Å²) in [4.78, 5) is 13.1. The molecule has 1 amide bonds. The fourth-order valence-corrected chi connectivity index (χ4v) is 5.04. The van der Waals surface area contributed by atoms with Crippen molar-refractivity contribution in [3.8, 4) is 17.2 Å². The first-order valence-electron chi connectivity index (χ1n) is 13.8. The number of benzene rings is 3. The molecule has 2 heterocycles. The van der Waals surface area contributed by atoms with E-state index in [1.165, 1.54) is 13.3 Å². The number of aromatic nitrogens is 2. The predicted molar refractivity (Wildman–Crippen MR) is 160 cm³/mol. The van der Waals surface area contributed by atoms with Gasteiger partial charge in [-0.15, -0.1) is 0 Å². The van der Waals surface area contributed by atoms with Crippen molar-refractivity contribution >= 4 is 17.9 Å². The maximum absolute atomic E-state index is 14.1. The molecule has 1 aliphatic rings. The quantitative estimate of drug-likeness (QED) is 0.166. The van der Waals surface area contributed by atoms with Crippen LogP contribution in [0.15, 0.2) is 72.0 Å². The minimum absolute atomic E-state index is 0.0394. The van der Waals surface area contributed by atoms with Crippen molar-refractivity contribution in [2.75, 3.05) is 19.5 Å². The van der Waals surface area contributed by atoms with Gasteiger partial charge in [-0.2, -0.15) is 23.4 Å². The number of carbonyl (C=O) groups is 1. The number of carbonyl (C=O) groups excluding carboxylic acids is 1. The van der Waals surface area contributed by atoms with E-state index >= 15 is 0 Å². The largest absolute Gasteiger partial charge is 0.497 e. The lowest BCUT2D eigenvalue weighted by Crippen LogP contribution is -2.36. The highest BCUT2D eigenvalue weighted by atomic mass is 19.4. The first-order chi connectivity index (χ1) is 21.1. The van der Waals surface area contributed by atoms with Gasteiger partial charge in [-0.3, -0.25) is 4.79 Å². The number of alkyl halides is 3. The van der Waals surface area contributed by atoms with Crippen LogP contribution in [-0.2, 0) is 6.61 Å². The minimum atomic E-state index is -4.58. The number of halogens is 3. The molecule has 4 aromatic rings. The molecule has 3 aromatic carbocycles. The number of ether oxygens (including phenoxy) is 3. The van der Waals surface area contributed by atoms with Crippen molar-refractivity contribution in [2.45, 2.75) is 45.1 Å². The van der Waals surface area contributed by atoms with E-state index in [0.717, 1.165) is 33.3 Å². The molecule has 0 unspecified atom stereocenters. The summed E-state index contributed by atoms with van der Waals surface area (Å²) in [7, 11) is 3.07. The molecule has 0 fully saturated rings. The van der Waals surface area contributed by atoms with Crippen LogP contribution in [0.2, 0.25) is 0 Å². The molecule has 230 valence electrons. The summed E-state index contributed by atoms with van der Waals surface area (Å²) < 4.78 is 59.6. The summed E-state index contributed by atoms with van der Waals surface area (Å²) in [6.45, 7) is 4.24. The summed E-state index contributed by atoms with van der Waals surface area (Å²) in [5.74, 6) is 1.22. The summed E-state index contributed by atoms with van der Waals surface area (Å²) >= 11 is 0. The highest BCUT2D eigenvalue weighted by Crippen LogP contribution is 2.44. The molecule has 2 N–H and O–H groups in total. The van der Waals surface area contributed by atoms with Crippen molar-refractivity contribution in [1.82, 2.24) is 15.2 Å². The number of rotatable bonds is 9. The van der Waals surface area contributed by atoms with Crippen molar-refractivity contribution < 1.29 is 32.2 Å². The smallest absolute Gasteiger partial charge is 0.410 e. The first-order valence-corrected chi connectivity index (χ1v) is 13.8. The lowest BCUT2D eigenvalue weighted by Gasteiger charge is -2.34. The number of hydrogen-bond acceptors (Lipinski definition) is 7. The fourth-order valence-electron chi connectivity index (χ4n) is 5.04. The Morgan fingerprint density at radius 2 is 1.86 bits per heavy atom. The second-order valence-corrected chi connectivity index (χ2v) is 10.4. The number of amides is 1. The van der Waals surface area contributed by atoms with Gasteiger partial charge in [-0.25, -0.2) is 10.1 Å². The molecule has 0 bridgehead atoms. The maximum Gasteiger partial charge on any atom is 0.410 e. The summed E-state index contributed by atoms with van der Waals surface area (Å²) in [6.07, 6.45) is -2.33. The molecular weight excluding hydrogens is 575 g/mol. The van der Waals surface area contributed by atoms with Crippen molar-refractivity contribution in [1.29, 1.82) is 0 Å². The van der Waals surface area contributed by atoms with Crippen LogP contribution in [0, 0.1) is 13.8 Å². The molecule has 44 heavy (non-hydrogen) atoms. The van der Waals surface area contributed by atoms with E-state index in [-0.39, 0.29) is 24.4 Å². The third-order valence-corrected chi connectivity index (χ3v) is 7.62. The van der Waals surface area contributed by atoms with Gasteiger partial charge < -0.3 is 19.5 Å². The molecule has 2 atom stereocenters. The lowest BCUT2D eigenvalue weighted by molar-refractivity contribution is -0.173. The molecule has 0 spiro atoms. The maximum atomic E-state index is 14.1. The molecular formula is C32H32F3N5O4. The van der Waals surface area contributed by atoms with Gasteiger partial charge in [0.1, 0.15) is 35.2 Å². The van der Waals surface area contributed by atoms with Gasteiger partial charge in [0.25, 0.3) is 5.91 Å². The van der Waals surface area contributed by atoms with E-state index in [1.54, 1.807) is 43.5 Å². The van der Waals surface area contributed by atoms with Gasteiger partial charge in [-0.1, -0.05) is 24.3 Å². The number of anilines is 1. The van der Waals surface area contributed by atoms with Crippen molar-refractivity contribution in [2.24, 2.45) is 5.10 Å². The van der Waals surface area contributed by atoms with Crippen LogP contribution in [0.3, 0.4) is 0 Å². The molecule has 0 aliphatic carbocycles. The third kappa shape index (κ3) is 6.48. The fraction of sp³-hybridized carbons (Fsp3) is 0.281. The van der Waals surface area contributed by atoms with Crippen LogP contribution in [0.4, 0.5) is 19.0 Å². The van der Waals surface area contributed by atoms with Crippen LogP contribution in [-0.4, -0.2) is 42.3 Å². The molecule has 0 saturated carbocycles. The van der Waals surface area contributed by atoms with E-state index in [2.05, 4.69) is 20.9 Å². The molecule has 9 nitrogen and oxygen atoms in total. The van der Waals surface area contributed by atoms with Crippen LogP contribution < -0.4 is 25.0 Å². The van der Waals surface area contributed by atoms with Crippen molar-refractivity contribution in [3.63, 3.8) is 0 Å². The molecule has 0 radical (unpaired) electrons. The second-order valence-electron chi connectivity index (χ2n) is 10.4. The standard InChI is InChI=1S/C32H32F3N5O4/c1-19-6-5-7-27(20(19)2)44-18-23-14-21(8-13-28(23)43-4)16-36-39-31(41)25-17-37-40-29(32(33,34)35)15-26(38-30(25)40)22-9-11-24(42-3)12-10-22/h5-14,16-17,26,29,38H,15,18H2,1-4H3,(H,39,41)/b36-16-/t26-,29-/m1/s1. The van der Waals surface area contributed by atoms with E-state index in [0.29, 0.717) is 22.6 Å². The topological polar surface area (TPSA) is 99.0 Å². The zero-order chi connectivity index (χ0) is 31.4. The average Bonchev–Trinajstić information content (AvgIpc) is 3.45. The summed E-state index contributed by atoms with van der Waals surface area (Å²) in [5, 5.41) is 11.0. The SMILES string of the molecule is COc1ccc([C@H]2C[C@H](C(F)(F)F)n3ncc(C(=O)N/N=C\c4ccc(OC)c(COc5cccc(C)c5C)c4)c3N2)cc1. The van der Waals surface area contributed by atoms with Gasteiger partial charge in [-0.05, 0) is 72.5 Å². The number of hydrogen-bond donors (Lipinski definition) is 2. The Morgan fingerprint density at radius 1 is 1.09 bits per heavy atom. The normalized spacial score (nSPS) is 16.2. The number of methoxy groups -OCH3 is 2. The number of fused-ring (bicyclic) bond motifs is 1. The predicted octanol–water partition coefficient (Wildman–Crippen LogP) is 6.52. The minimum Gasteiger partial charge on any atom is -0.497 e. The number of hydrazone groups is 1. The Kier molecular flexibility index (Phi) is 8.79. The van der Waals surface area contributed by atoms with Crippen LogP contribution in [0.1, 0.15) is 56.7 Å². The number of aryl methyl sites for hydroxylation is 1. The highest BCUT2D eigenvalue weighted by molar-refractivity contribution is 5.99. The zero-order valence-corrected chi connectivity index (χ0v) is 24.6. The van der Waals surface area contributed by atoms with Gasteiger partial charge in [0, 0.05) is 12.0 Å². The van der Waals surface area contributed by atoms with Crippen LogP contribution in [0.5, 0.6) is 17.2 Å². The lowest BCUT2D eigenvalue weighted by atomic mass is 9.96. The number of nitrogens with zero attached hydrogens (tertiary/aromatic N) is 3. The van der Waals surface area contributed by atoms with Crippen LogP contribution >= 0.6 is 0 Å². The second kappa shape index (κ2) is 12.7. The van der Waals surface area contributed by atoms with E-state index in [1.807, 2.05) is 38.1 Å². The van der Waals surface area contributed by atoms with Gasteiger partial charge in [0.15, 0.2) is 6.04 Å². The van der Waals surface area contributed by atoms with Gasteiger partial charge in [0.05, 0.1) is 32.7 Å². The Balaban J connectivity index is 1.32. The molecule has 0 saturated heterocycles.